The van der Waals surface area contributed by atoms with Crippen LogP contribution in [0.15, 0.2) is 162 Å². The smallest absolute Gasteiger partial charge is 0.227 e. The van der Waals surface area contributed by atoms with E-state index < -0.39 is 0 Å². The summed E-state index contributed by atoms with van der Waals surface area (Å²) in [7, 11) is 0. The second-order valence-electron chi connectivity index (χ2n) is 11.2. The van der Waals surface area contributed by atoms with Crippen molar-refractivity contribution in [2.24, 2.45) is 0 Å². The average Bonchev–Trinajstić information content (AvgIpc) is 3.72. The highest BCUT2D eigenvalue weighted by molar-refractivity contribution is 7.25. The molecule has 9 rings (SSSR count). The van der Waals surface area contributed by atoms with Crippen molar-refractivity contribution in [3.63, 3.8) is 0 Å². The number of aromatic nitrogens is 1. The Morgan fingerprint density at radius 3 is 2.09 bits per heavy atom. The second kappa shape index (κ2) is 10.5. The monoisotopic (exact) mass is 594 g/mol. The molecule has 0 saturated heterocycles. The van der Waals surface area contributed by atoms with E-state index in [1.54, 1.807) is 0 Å². The number of oxazole rings is 1. The predicted octanol–water partition coefficient (Wildman–Crippen LogP) is 12.2. The summed E-state index contributed by atoms with van der Waals surface area (Å²) in [5.74, 6) is 0.631. The first-order valence-corrected chi connectivity index (χ1v) is 15.9. The Hall–Kier alpha value is -5.71. The fraction of sp³-hybridized carbons (Fsp3) is 0. The van der Waals surface area contributed by atoms with Crippen LogP contribution in [0.2, 0.25) is 0 Å². The Labute approximate surface area is 264 Å². The molecule has 0 aliphatic carbocycles. The molecule has 0 fully saturated rings. The summed E-state index contributed by atoms with van der Waals surface area (Å²) in [6.07, 6.45) is 0. The van der Waals surface area contributed by atoms with Crippen molar-refractivity contribution in [3.8, 4) is 22.6 Å². The number of anilines is 3. The van der Waals surface area contributed by atoms with Gasteiger partial charge in [0.15, 0.2) is 5.58 Å². The molecule has 2 heterocycles. The summed E-state index contributed by atoms with van der Waals surface area (Å²) < 4.78 is 8.85. The van der Waals surface area contributed by atoms with E-state index in [1.165, 1.54) is 31.3 Å². The van der Waals surface area contributed by atoms with E-state index >= 15 is 0 Å². The molecule has 45 heavy (non-hydrogen) atoms. The maximum Gasteiger partial charge on any atom is 0.227 e. The maximum atomic E-state index is 6.23. The Kier molecular flexibility index (Phi) is 6.00. The van der Waals surface area contributed by atoms with Crippen molar-refractivity contribution in [1.29, 1.82) is 0 Å². The first kappa shape index (κ1) is 25.8. The number of hydrogen-bond acceptors (Lipinski definition) is 4. The van der Waals surface area contributed by atoms with E-state index in [9.17, 15) is 0 Å². The normalized spacial score (nSPS) is 11.6. The van der Waals surface area contributed by atoms with Gasteiger partial charge >= 0.3 is 0 Å². The number of fused-ring (bicyclic) bond motifs is 6. The van der Waals surface area contributed by atoms with E-state index in [-0.39, 0.29) is 0 Å². The Bertz CT molecular complexity index is 2500. The predicted molar refractivity (Wildman–Crippen MR) is 190 cm³/mol. The summed E-state index contributed by atoms with van der Waals surface area (Å²) in [6, 6.07) is 55.6. The quantitative estimate of drug-likeness (QED) is 0.198. The SMILES string of the molecule is c1ccc(-c2nc3c(ccc4ccc(N(c5ccccc5)c5cccc(-c6cccc7sc8ccccc8c67)c5)cc43)o2)cc1. The van der Waals surface area contributed by atoms with Crippen LogP contribution >= 0.6 is 11.3 Å². The van der Waals surface area contributed by atoms with Gasteiger partial charge in [-0.2, -0.15) is 0 Å². The molecule has 212 valence electrons. The number of rotatable bonds is 5. The molecule has 0 saturated carbocycles. The van der Waals surface area contributed by atoms with Crippen LogP contribution in [0, 0.1) is 0 Å². The minimum absolute atomic E-state index is 0.631. The van der Waals surface area contributed by atoms with Crippen LogP contribution in [0.5, 0.6) is 0 Å². The number of nitrogens with zero attached hydrogens (tertiary/aromatic N) is 2. The zero-order valence-electron chi connectivity index (χ0n) is 24.2. The third kappa shape index (κ3) is 4.38. The lowest BCUT2D eigenvalue weighted by Crippen LogP contribution is -2.09. The van der Waals surface area contributed by atoms with Gasteiger partial charge in [0, 0.05) is 48.2 Å². The average molecular weight is 595 g/mol. The lowest BCUT2D eigenvalue weighted by atomic mass is 9.98. The van der Waals surface area contributed by atoms with E-state index in [0.717, 1.165) is 44.5 Å². The molecule has 7 aromatic carbocycles. The minimum Gasteiger partial charge on any atom is -0.436 e. The molecule has 0 spiro atoms. The van der Waals surface area contributed by atoms with Crippen LogP contribution in [0.4, 0.5) is 17.1 Å². The van der Waals surface area contributed by atoms with Crippen molar-refractivity contribution < 1.29 is 4.42 Å². The lowest BCUT2D eigenvalue weighted by molar-refractivity contribution is 0.620. The molecule has 0 radical (unpaired) electrons. The first-order chi connectivity index (χ1) is 22.3. The van der Waals surface area contributed by atoms with Crippen LogP contribution in [0.3, 0.4) is 0 Å². The fourth-order valence-corrected chi connectivity index (χ4v) is 7.53. The number of benzene rings is 7. The van der Waals surface area contributed by atoms with E-state index in [2.05, 4.69) is 126 Å². The molecule has 2 aromatic heterocycles. The highest BCUT2D eigenvalue weighted by Crippen LogP contribution is 2.43. The second-order valence-corrected chi connectivity index (χ2v) is 12.3. The van der Waals surface area contributed by atoms with Crippen molar-refractivity contribution in [2.45, 2.75) is 0 Å². The zero-order valence-corrected chi connectivity index (χ0v) is 25.0. The van der Waals surface area contributed by atoms with Crippen molar-refractivity contribution in [2.75, 3.05) is 4.90 Å². The van der Waals surface area contributed by atoms with Crippen LogP contribution in [-0.4, -0.2) is 4.98 Å². The molecule has 0 aliphatic heterocycles. The van der Waals surface area contributed by atoms with E-state index in [1.807, 2.05) is 47.7 Å². The summed E-state index contributed by atoms with van der Waals surface area (Å²) in [4.78, 5) is 7.30. The van der Waals surface area contributed by atoms with Gasteiger partial charge in [-0.15, -0.1) is 11.3 Å². The zero-order chi connectivity index (χ0) is 29.7. The highest BCUT2D eigenvalue weighted by atomic mass is 32.1. The standard InChI is InChI=1S/C41H26N2OS/c1-3-11-28(12-4-1)41-42-40-35-26-32(23-21-27(35)22-24-36(40)44-41)43(30-14-5-2-6-15-30)31-16-9-13-29(25-31)33-18-10-20-38-39(33)34-17-7-8-19-37(34)45-38/h1-26H. The van der Waals surface area contributed by atoms with Gasteiger partial charge in [-0.05, 0) is 83.2 Å². The molecule has 0 aliphatic rings. The number of para-hydroxylation sites is 1. The van der Waals surface area contributed by atoms with Crippen LogP contribution in [-0.2, 0) is 0 Å². The summed E-state index contributed by atoms with van der Waals surface area (Å²) in [5.41, 5.74) is 8.29. The molecule has 0 atom stereocenters. The van der Waals surface area contributed by atoms with Gasteiger partial charge < -0.3 is 9.32 Å². The van der Waals surface area contributed by atoms with Crippen molar-refractivity contribution >= 4 is 70.4 Å². The van der Waals surface area contributed by atoms with Gasteiger partial charge in [0.05, 0.1) is 0 Å². The summed E-state index contributed by atoms with van der Waals surface area (Å²) in [5, 5.41) is 4.80. The van der Waals surface area contributed by atoms with Crippen LogP contribution in [0.1, 0.15) is 0 Å². The minimum atomic E-state index is 0.631. The summed E-state index contributed by atoms with van der Waals surface area (Å²) in [6.45, 7) is 0. The molecular formula is C41H26N2OS. The summed E-state index contributed by atoms with van der Waals surface area (Å²) >= 11 is 1.85. The Morgan fingerprint density at radius 1 is 0.511 bits per heavy atom. The third-order valence-electron chi connectivity index (χ3n) is 8.47. The first-order valence-electron chi connectivity index (χ1n) is 15.0. The Balaban J connectivity index is 1.22. The van der Waals surface area contributed by atoms with Gasteiger partial charge in [0.2, 0.25) is 5.89 Å². The maximum absolute atomic E-state index is 6.23. The van der Waals surface area contributed by atoms with Gasteiger partial charge in [-0.1, -0.05) is 91.0 Å². The van der Waals surface area contributed by atoms with Gasteiger partial charge in [0.25, 0.3) is 0 Å². The lowest BCUT2D eigenvalue weighted by Gasteiger charge is -2.26. The number of thiophene rings is 1. The van der Waals surface area contributed by atoms with E-state index in [0.29, 0.717) is 5.89 Å². The molecule has 0 bridgehead atoms. The van der Waals surface area contributed by atoms with Gasteiger partial charge in [0.1, 0.15) is 5.52 Å². The number of hydrogen-bond donors (Lipinski definition) is 0. The topological polar surface area (TPSA) is 29.3 Å². The van der Waals surface area contributed by atoms with Gasteiger partial charge in [-0.3, -0.25) is 0 Å². The molecule has 9 aromatic rings. The molecule has 0 unspecified atom stereocenters. The third-order valence-corrected chi connectivity index (χ3v) is 9.61. The Morgan fingerprint density at radius 2 is 1.20 bits per heavy atom. The highest BCUT2D eigenvalue weighted by Gasteiger charge is 2.18. The van der Waals surface area contributed by atoms with Crippen LogP contribution < -0.4 is 4.90 Å². The molecule has 4 heteroatoms. The molecule has 3 nitrogen and oxygen atoms in total. The molecule has 0 N–H and O–H groups in total. The molecule has 0 amide bonds. The van der Waals surface area contributed by atoms with E-state index in [4.69, 9.17) is 9.40 Å². The fourth-order valence-electron chi connectivity index (χ4n) is 6.39. The largest absolute Gasteiger partial charge is 0.436 e. The van der Waals surface area contributed by atoms with Crippen molar-refractivity contribution in [1.82, 2.24) is 4.98 Å². The molecular weight excluding hydrogens is 569 g/mol. The van der Waals surface area contributed by atoms with Crippen molar-refractivity contribution in [3.05, 3.63) is 158 Å². The van der Waals surface area contributed by atoms with Gasteiger partial charge in [-0.25, -0.2) is 4.98 Å². The van der Waals surface area contributed by atoms with Crippen LogP contribution in [0.25, 0.3) is 64.6 Å².